The molecule has 2 aromatic heterocycles. The second-order valence-corrected chi connectivity index (χ2v) is 5.12. The fourth-order valence-electron chi connectivity index (χ4n) is 2.50. The van der Waals surface area contributed by atoms with Crippen LogP contribution < -0.4 is 10.6 Å². The Morgan fingerprint density at radius 3 is 3.05 bits per heavy atom. The third kappa shape index (κ3) is 2.80. The Balaban J connectivity index is 1.86. The van der Waals surface area contributed by atoms with Crippen LogP contribution in [-0.4, -0.2) is 57.2 Å². The number of hydrogen-bond acceptors (Lipinski definition) is 6. The van der Waals surface area contributed by atoms with Gasteiger partial charge < -0.3 is 10.6 Å². The molecule has 0 saturated carbocycles. The summed E-state index contributed by atoms with van der Waals surface area (Å²) in [6, 6.07) is 0. The summed E-state index contributed by atoms with van der Waals surface area (Å²) < 4.78 is 1.74. The quantitative estimate of drug-likeness (QED) is 0.808. The normalized spacial score (nSPS) is 16.8. The van der Waals surface area contributed by atoms with E-state index in [9.17, 15) is 4.79 Å². The number of anilines is 1. The molecule has 1 aliphatic rings. The van der Waals surface area contributed by atoms with Gasteiger partial charge in [-0.25, -0.2) is 9.97 Å². The van der Waals surface area contributed by atoms with Crippen molar-refractivity contribution >= 4 is 22.8 Å². The lowest BCUT2D eigenvalue weighted by Gasteiger charge is -2.18. The molecule has 0 atom stereocenters. The summed E-state index contributed by atoms with van der Waals surface area (Å²) in [5.41, 5.74) is 0.813. The highest BCUT2D eigenvalue weighted by Crippen LogP contribution is 2.19. The van der Waals surface area contributed by atoms with Crippen molar-refractivity contribution < 1.29 is 4.79 Å². The Kier molecular flexibility index (Phi) is 3.70. The van der Waals surface area contributed by atoms with Crippen LogP contribution in [0, 0.1) is 0 Å². The largest absolute Gasteiger partial charge is 0.372 e. The van der Waals surface area contributed by atoms with E-state index in [-0.39, 0.29) is 5.91 Å². The van der Waals surface area contributed by atoms with Gasteiger partial charge in [-0.05, 0) is 0 Å². The second kappa shape index (κ2) is 5.65. The maximum absolute atomic E-state index is 11.4. The lowest BCUT2D eigenvalue weighted by molar-refractivity contribution is -0.120. The Morgan fingerprint density at radius 1 is 1.38 bits per heavy atom. The van der Waals surface area contributed by atoms with E-state index in [0.717, 1.165) is 35.8 Å². The molecule has 8 nitrogen and oxygen atoms in total. The first kappa shape index (κ1) is 13.7. The number of nitrogens with zero attached hydrogens (tertiary/aromatic N) is 5. The van der Waals surface area contributed by atoms with Gasteiger partial charge >= 0.3 is 0 Å². The average molecular weight is 289 g/mol. The summed E-state index contributed by atoms with van der Waals surface area (Å²) in [5.74, 6) is 1.63. The van der Waals surface area contributed by atoms with Crippen molar-refractivity contribution in [2.24, 2.45) is 7.05 Å². The second-order valence-electron chi connectivity index (χ2n) is 5.12. The smallest absolute Gasteiger partial charge is 0.221 e. The molecule has 0 unspecified atom stereocenters. The van der Waals surface area contributed by atoms with Crippen molar-refractivity contribution in [3.63, 3.8) is 0 Å². The number of aryl methyl sites for hydroxylation is 1. The van der Waals surface area contributed by atoms with Crippen LogP contribution in [0.5, 0.6) is 0 Å². The van der Waals surface area contributed by atoms with Gasteiger partial charge in [-0.3, -0.25) is 14.4 Å². The van der Waals surface area contributed by atoms with E-state index in [1.165, 1.54) is 0 Å². The van der Waals surface area contributed by atoms with Crippen molar-refractivity contribution in [3.05, 3.63) is 12.0 Å². The molecule has 0 spiro atoms. The Bertz CT molecular complexity index is 666. The zero-order chi connectivity index (χ0) is 14.8. The summed E-state index contributed by atoms with van der Waals surface area (Å²) in [4.78, 5) is 22.7. The van der Waals surface area contributed by atoms with Crippen LogP contribution in [0.3, 0.4) is 0 Å². The molecule has 21 heavy (non-hydrogen) atoms. The third-order valence-electron chi connectivity index (χ3n) is 3.65. The van der Waals surface area contributed by atoms with E-state index >= 15 is 0 Å². The summed E-state index contributed by atoms with van der Waals surface area (Å²) in [5, 5.41) is 11.1. The average Bonchev–Trinajstić information content (AvgIpc) is 2.72. The van der Waals surface area contributed by atoms with Gasteiger partial charge in [-0.15, -0.1) is 0 Å². The van der Waals surface area contributed by atoms with Gasteiger partial charge in [0.05, 0.1) is 18.1 Å². The predicted octanol–water partition coefficient (Wildman–Crippen LogP) is -0.273. The number of amides is 1. The fourth-order valence-corrected chi connectivity index (χ4v) is 2.50. The minimum Gasteiger partial charge on any atom is -0.372 e. The number of hydrogen-bond donors (Lipinski definition) is 2. The Morgan fingerprint density at radius 2 is 2.24 bits per heavy atom. The highest BCUT2D eigenvalue weighted by Gasteiger charge is 2.16. The minimum absolute atomic E-state index is 0.108. The zero-order valence-corrected chi connectivity index (χ0v) is 12.3. The molecule has 112 valence electrons. The van der Waals surface area contributed by atoms with Crippen LogP contribution in [-0.2, 0) is 18.4 Å². The molecule has 0 aromatic carbocycles. The molecule has 3 heterocycles. The van der Waals surface area contributed by atoms with Gasteiger partial charge in [-0.2, -0.15) is 5.10 Å². The highest BCUT2D eigenvalue weighted by atomic mass is 16.1. The lowest BCUT2D eigenvalue weighted by atomic mass is 10.3. The summed E-state index contributed by atoms with van der Waals surface area (Å²) in [6.07, 6.45) is 2.28. The predicted molar refractivity (Wildman–Crippen MR) is 78.8 cm³/mol. The molecule has 0 radical (unpaired) electrons. The molecule has 0 bridgehead atoms. The molecule has 1 aliphatic heterocycles. The highest BCUT2D eigenvalue weighted by molar-refractivity contribution is 5.86. The van der Waals surface area contributed by atoms with Crippen LogP contribution >= 0.6 is 0 Å². The molecule has 0 aliphatic carbocycles. The van der Waals surface area contributed by atoms with Gasteiger partial charge in [0.1, 0.15) is 11.6 Å². The van der Waals surface area contributed by atoms with E-state index in [1.54, 1.807) is 10.9 Å². The molecule has 2 aromatic rings. The molecular weight excluding hydrogens is 270 g/mol. The van der Waals surface area contributed by atoms with Crippen LogP contribution in [0.2, 0.25) is 0 Å². The van der Waals surface area contributed by atoms with Crippen LogP contribution in [0.1, 0.15) is 12.2 Å². The number of carbonyl (C=O) groups excluding carboxylic acids is 1. The van der Waals surface area contributed by atoms with E-state index in [0.29, 0.717) is 19.5 Å². The van der Waals surface area contributed by atoms with Crippen molar-refractivity contribution in [1.82, 2.24) is 30.0 Å². The van der Waals surface area contributed by atoms with Crippen molar-refractivity contribution in [2.75, 3.05) is 32.0 Å². The molecule has 1 amide bonds. The molecule has 3 rings (SSSR count). The minimum atomic E-state index is 0.108. The van der Waals surface area contributed by atoms with E-state index in [2.05, 4.69) is 30.6 Å². The number of nitrogens with one attached hydrogen (secondary N) is 2. The lowest BCUT2D eigenvalue weighted by Crippen LogP contribution is -2.29. The zero-order valence-electron chi connectivity index (χ0n) is 12.3. The summed E-state index contributed by atoms with van der Waals surface area (Å²) in [7, 11) is 3.71. The Labute approximate surface area is 122 Å². The van der Waals surface area contributed by atoms with E-state index < -0.39 is 0 Å². The van der Waals surface area contributed by atoms with Gasteiger partial charge in [0, 0.05) is 40.2 Å². The first-order valence-electron chi connectivity index (χ1n) is 7.03. The molecule has 1 saturated heterocycles. The molecule has 8 heteroatoms. The topological polar surface area (TPSA) is 88.0 Å². The summed E-state index contributed by atoms with van der Waals surface area (Å²) >= 11 is 0. The SMILES string of the molecule is CNc1nc(CN2CCNC(=O)CC2)nc2c1cnn2C. The van der Waals surface area contributed by atoms with Crippen LogP contribution in [0.4, 0.5) is 5.82 Å². The van der Waals surface area contributed by atoms with Crippen molar-refractivity contribution in [3.8, 4) is 0 Å². The standard InChI is InChI=1S/C13H19N7O/c1-14-12-9-7-16-19(2)13(9)18-10(17-12)8-20-5-3-11(21)15-4-6-20/h7H,3-6,8H2,1-2H3,(H,15,21)(H,14,17,18). The Hall–Kier alpha value is -2.22. The number of aromatic nitrogens is 4. The van der Waals surface area contributed by atoms with Crippen molar-refractivity contribution in [1.29, 1.82) is 0 Å². The maximum atomic E-state index is 11.4. The van der Waals surface area contributed by atoms with Gasteiger partial charge in [0.25, 0.3) is 0 Å². The monoisotopic (exact) mass is 289 g/mol. The van der Waals surface area contributed by atoms with Gasteiger partial charge in [0.15, 0.2) is 5.65 Å². The summed E-state index contributed by atoms with van der Waals surface area (Å²) in [6.45, 7) is 2.84. The van der Waals surface area contributed by atoms with Gasteiger partial charge in [-0.1, -0.05) is 0 Å². The number of carbonyl (C=O) groups is 1. The first-order valence-corrected chi connectivity index (χ1v) is 7.03. The van der Waals surface area contributed by atoms with Crippen LogP contribution in [0.15, 0.2) is 6.20 Å². The van der Waals surface area contributed by atoms with Crippen LogP contribution in [0.25, 0.3) is 11.0 Å². The fraction of sp³-hybridized carbons (Fsp3) is 0.538. The van der Waals surface area contributed by atoms with E-state index in [1.807, 2.05) is 14.1 Å². The van der Waals surface area contributed by atoms with Gasteiger partial charge in [0.2, 0.25) is 5.91 Å². The number of rotatable bonds is 3. The van der Waals surface area contributed by atoms with Crippen molar-refractivity contribution in [2.45, 2.75) is 13.0 Å². The first-order chi connectivity index (χ1) is 10.2. The number of fused-ring (bicyclic) bond motifs is 1. The van der Waals surface area contributed by atoms with E-state index in [4.69, 9.17) is 0 Å². The molecule has 2 N–H and O–H groups in total. The molecule has 1 fully saturated rings. The third-order valence-corrected chi connectivity index (χ3v) is 3.65. The molecular formula is C13H19N7O. The maximum Gasteiger partial charge on any atom is 0.221 e.